The molecule has 1 aromatic carbocycles. The smallest absolute Gasteiger partial charge is 0.307 e. The summed E-state index contributed by atoms with van der Waals surface area (Å²) in [7, 11) is 0. The summed E-state index contributed by atoms with van der Waals surface area (Å²) in [6, 6.07) is 4.31. The number of aromatic nitrogens is 2. The third-order valence-electron chi connectivity index (χ3n) is 3.85. The van der Waals surface area contributed by atoms with Crippen LogP contribution in [0.4, 0.5) is 4.39 Å². The van der Waals surface area contributed by atoms with Crippen molar-refractivity contribution in [1.82, 2.24) is 9.97 Å². The molecular formula is C13H13FN2O2. The molecule has 1 fully saturated rings. The minimum absolute atomic E-state index is 0.134. The summed E-state index contributed by atoms with van der Waals surface area (Å²) < 4.78 is 13.1. The van der Waals surface area contributed by atoms with Gasteiger partial charge in [-0.25, -0.2) is 9.37 Å². The number of nitrogens with one attached hydrogen (secondary N) is 1. The van der Waals surface area contributed by atoms with Crippen molar-refractivity contribution in [1.29, 1.82) is 0 Å². The highest BCUT2D eigenvalue weighted by Crippen LogP contribution is 2.63. The van der Waals surface area contributed by atoms with Gasteiger partial charge in [0.15, 0.2) is 0 Å². The molecule has 1 saturated carbocycles. The second-order valence-corrected chi connectivity index (χ2v) is 5.40. The quantitative estimate of drug-likeness (QED) is 0.858. The molecule has 94 valence electrons. The Balaban J connectivity index is 2.04. The van der Waals surface area contributed by atoms with Crippen molar-refractivity contribution in [2.75, 3.05) is 0 Å². The van der Waals surface area contributed by atoms with Crippen LogP contribution in [0.15, 0.2) is 18.2 Å². The number of fused-ring (bicyclic) bond motifs is 1. The number of aliphatic carboxylic acids is 1. The van der Waals surface area contributed by atoms with Crippen molar-refractivity contribution in [3.63, 3.8) is 0 Å². The van der Waals surface area contributed by atoms with E-state index in [1.165, 1.54) is 12.1 Å². The number of nitrogens with zero attached hydrogens (tertiary/aromatic N) is 1. The molecule has 4 nitrogen and oxygen atoms in total. The van der Waals surface area contributed by atoms with E-state index in [0.29, 0.717) is 16.9 Å². The van der Waals surface area contributed by atoms with E-state index in [1.807, 2.05) is 13.8 Å². The lowest BCUT2D eigenvalue weighted by Gasteiger charge is -1.97. The van der Waals surface area contributed by atoms with Gasteiger partial charge in [0.2, 0.25) is 0 Å². The Morgan fingerprint density at radius 3 is 2.83 bits per heavy atom. The van der Waals surface area contributed by atoms with E-state index >= 15 is 0 Å². The molecule has 2 aromatic rings. The topological polar surface area (TPSA) is 66.0 Å². The lowest BCUT2D eigenvalue weighted by atomic mass is 10.1. The van der Waals surface area contributed by atoms with Gasteiger partial charge in [0, 0.05) is 5.92 Å². The fourth-order valence-corrected chi connectivity index (χ4v) is 2.76. The molecule has 2 atom stereocenters. The average molecular weight is 248 g/mol. The van der Waals surface area contributed by atoms with Crippen molar-refractivity contribution >= 4 is 17.0 Å². The van der Waals surface area contributed by atoms with E-state index in [4.69, 9.17) is 5.11 Å². The van der Waals surface area contributed by atoms with E-state index in [2.05, 4.69) is 9.97 Å². The molecule has 0 saturated heterocycles. The van der Waals surface area contributed by atoms with Gasteiger partial charge in [-0.15, -0.1) is 0 Å². The first-order valence-electron chi connectivity index (χ1n) is 5.79. The Labute approximate surface area is 103 Å². The van der Waals surface area contributed by atoms with Crippen LogP contribution in [0.2, 0.25) is 0 Å². The number of aromatic amines is 1. The Kier molecular flexibility index (Phi) is 2.06. The van der Waals surface area contributed by atoms with Crippen LogP contribution >= 0.6 is 0 Å². The molecule has 1 aliphatic carbocycles. The fourth-order valence-electron chi connectivity index (χ4n) is 2.76. The lowest BCUT2D eigenvalue weighted by Crippen LogP contribution is -2.03. The van der Waals surface area contributed by atoms with E-state index in [9.17, 15) is 9.18 Å². The molecule has 0 amide bonds. The van der Waals surface area contributed by atoms with Gasteiger partial charge in [0.1, 0.15) is 11.6 Å². The number of carbonyl (C=O) groups is 1. The first-order chi connectivity index (χ1) is 8.41. The molecule has 0 spiro atoms. The van der Waals surface area contributed by atoms with Crippen LogP contribution in [0, 0.1) is 17.2 Å². The predicted molar refractivity (Wildman–Crippen MR) is 63.7 cm³/mol. The molecule has 0 aliphatic heterocycles. The van der Waals surface area contributed by atoms with E-state index in [1.54, 1.807) is 6.07 Å². The fraction of sp³-hybridized carbons (Fsp3) is 0.385. The summed E-state index contributed by atoms with van der Waals surface area (Å²) in [5, 5.41) is 9.14. The molecule has 1 aromatic heterocycles. The second kappa shape index (κ2) is 3.31. The Morgan fingerprint density at radius 2 is 2.22 bits per heavy atom. The second-order valence-electron chi connectivity index (χ2n) is 5.40. The molecule has 1 aliphatic rings. The molecule has 1 heterocycles. The maximum absolute atomic E-state index is 13.1. The molecule has 5 heteroatoms. The summed E-state index contributed by atoms with van der Waals surface area (Å²) in [4.78, 5) is 18.5. The molecule has 18 heavy (non-hydrogen) atoms. The maximum atomic E-state index is 13.1. The lowest BCUT2D eigenvalue weighted by molar-refractivity contribution is -0.139. The first kappa shape index (κ1) is 11.2. The third-order valence-corrected chi connectivity index (χ3v) is 3.85. The van der Waals surface area contributed by atoms with Gasteiger partial charge in [0.05, 0.1) is 17.0 Å². The predicted octanol–water partition coefficient (Wildman–Crippen LogP) is 2.53. The molecule has 0 bridgehead atoms. The van der Waals surface area contributed by atoms with Crippen molar-refractivity contribution < 1.29 is 14.3 Å². The van der Waals surface area contributed by atoms with Gasteiger partial charge >= 0.3 is 5.97 Å². The third kappa shape index (κ3) is 1.43. The molecule has 2 unspecified atom stereocenters. The number of hydrogen-bond donors (Lipinski definition) is 2. The maximum Gasteiger partial charge on any atom is 0.307 e. The van der Waals surface area contributed by atoms with E-state index < -0.39 is 11.9 Å². The standard InChI is InChI=1S/C13H13FN2O2/c1-13(2)9(10(13)12(17)18)11-15-7-4-3-6(14)5-8(7)16-11/h3-5,9-10H,1-2H3,(H,15,16)(H,17,18). The molecule has 3 rings (SSSR count). The largest absolute Gasteiger partial charge is 0.481 e. The number of carboxylic acids is 1. The highest BCUT2D eigenvalue weighted by atomic mass is 19.1. The van der Waals surface area contributed by atoms with Crippen molar-refractivity contribution in [3.8, 4) is 0 Å². The highest BCUT2D eigenvalue weighted by Gasteiger charge is 2.64. The van der Waals surface area contributed by atoms with Gasteiger partial charge in [0.25, 0.3) is 0 Å². The average Bonchev–Trinajstić information content (AvgIpc) is 2.66. The zero-order chi connectivity index (χ0) is 13.1. The summed E-state index contributed by atoms with van der Waals surface area (Å²) in [6.45, 7) is 3.81. The summed E-state index contributed by atoms with van der Waals surface area (Å²) in [5.41, 5.74) is 0.966. The minimum atomic E-state index is -0.809. The normalized spacial score (nSPS) is 25.3. The monoisotopic (exact) mass is 248 g/mol. The zero-order valence-electron chi connectivity index (χ0n) is 10.1. The van der Waals surface area contributed by atoms with Crippen LogP contribution in [-0.2, 0) is 4.79 Å². The zero-order valence-corrected chi connectivity index (χ0v) is 10.1. The van der Waals surface area contributed by atoms with Crippen LogP contribution in [-0.4, -0.2) is 21.0 Å². The van der Waals surface area contributed by atoms with Gasteiger partial charge in [-0.1, -0.05) is 13.8 Å². The number of imidazole rings is 1. The van der Waals surface area contributed by atoms with Crippen LogP contribution in [0.25, 0.3) is 11.0 Å². The summed E-state index contributed by atoms with van der Waals surface area (Å²) in [6.07, 6.45) is 0. The number of hydrogen-bond acceptors (Lipinski definition) is 2. The van der Waals surface area contributed by atoms with Gasteiger partial charge < -0.3 is 10.1 Å². The van der Waals surface area contributed by atoms with Gasteiger partial charge in [-0.05, 0) is 23.6 Å². The molecule has 0 radical (unpaired) electrons. The van der Waals surface area contributed by atoms with Crippen molar-refractivity contribution in [2.45, 2.75) is 19.8 Å². The summed E-state index contributed by atoms with van der Waals surface area (Å²) >= 11 is 0. The number of carboxylic acid groups (broad SMARTS) is 1. The van der Waals surface area contributed by atoms with Gasteiger partial charge in [-0.2, -0.15) is 0 Å². The number of H-pyrrole nitrogens is 1. The number of rotatable bonds is 2. The van der Waals surface area contributed by atoms with Crippen LogP contribution in [0.1, 0.15) is 25.6 Å². The Bertz CT molecular complexity index is 647. The van der Waals surface area contributed by atoms with E-state index in [-0.39, 0.29) is 17.2 Å². The van der Waals surface area contributed by atoms with E-state index in [0.717, 1.165) is 0 Å². The minimum Gasteiger partial charge on any atom is -0.481 e. The SMILES string of the molecule is CC1(C)C(C(=O)O)C1c1nc2ccc(F)cc2[nH]1. The first-order valence-corrected chi connectivity index (χ1v) is 5.79. The van der Waals surface area contributed by atoms with Crippen molar-refractivity contribution in [2.24, 2.45) is 11.3 Å². The van der Waals surface area contributed by atoms with Crippen LogP contribution in [0.5, 0.6) is 0 Å². The highest BCUT2D eigenvalue weighted by molar-refractivity contribution is 5.79. The Hall–Kier alpha value is -1.91. The van der Waals surface area contributed by atoms with Gasteiger partial charge in [-0.3, -0.25) is 4.79 Å². The van der Waals surface area contributed by atoms with Crippen molar-refractivity contribution in [3.05, 3.63) is 29.8 Å². The number of benzene rings is 1. The molecular weight excluding hydrogens is 235 g/mol. The molecule has 2 N–H and O–H groups in total. The summed E-state index contributed by atoms with van der Waals surface area (Å²) in [5.74, 6) is -1.07. The number of halogens is 1. The van der Waals surface area contributed by atoms with Crippen LogP contribution in [0.3, 0.4) is 0 Å². The Morgan fingerprint density at radius 1 is 1.50 bits per heavy atom. The van der Waals surface area contributed by atoms with Crippen LogP contribution < -0.4 is 0 Å².